The third-order valence-electron chi connectivity index (χ3n) is 5.85. The van der Waals surface area contributed by atoms with Gasteiger partial charge in [-0.15, -0.1) is 0 Å². The van der Waals surface area contributed by atoms with Crippen molar-refractivity contribution in [2.45, 2.75) is 77.0 Å². The Morgan fingerprint density at radius 3 is 2.69 bits per heavy atom. The molecule has 4 nitrogen and oxygen atoms in total. The predicted molar refractivity (Wildman–Crippen MR) is 103 cm³/mol. The van der Waals surface area contributed by atoms with Gasteiger partial charge in [0.1, 0.15) is 11.5 Å². The summed E-state index contributed by atoms with van der Waals surface area (Å²) < 4.78 is 11.8. The Labute approximate surface area is 156 Å². The SMILES string of the molecule is CCC1CC[C@@H](CCOCc2c(-c3ccccc3C)noc2C2CC2)N1. The maximum Gasteiger partial charge on any atom is 0.145 e. The van der Waals surface area contributed by atoms with E-state index in [0.717, 1.165) is 35.6 Å². The van der Waals surface area contributed by atoms with Crippen LogP contribution in [0.5, 0.6) is 0 Å². The zero-order chi connectivity index (χ0) is 17.9. The number of nitrogens with zero attached hydrogens (tertiary/aromatic N) is 1. The van der Waals surface area contributed by atoms with E-state index in [9.17, 15) is 0 Å². The summed E-state index contributed by atoms with van der Waals surface area (Å²) in [6.45, 7) is 5.77. The van der Waals surface area contributed by atoms with Crippen LogP contribution in [0, 0.1) is 6.92 Å². The third-order valence-corrected chi connectivity index (χ3v) is 5.85. The lowest BCUT2D eigenvalue weighted by Gasteiger charge is -2.13. The number of nitrogens with one attached hydrogen (secondary N) is 1. The van der Waals surface area contributed by atoms with Crippen LogP contribution in [0.4, 0.5) is 0 Å². The van der Waals surface area contributed by atoms with Crippen LogP contribution in [-0.2, 0) is 11.3 Å². The van der Waals surface area contributed by atoms with E-state index in [1.165, 1.54) is 37.7 Å². The van der Waals surface area contributed by atoms with E-state index in [-0.39, 0.29) is 0 Å². The highest BCUT2D eigenvalue weighted by atomic mass is 16.5. The molecule has 1 aromatic carbocycles. The molecule has 2 heterocycles. The lowest BCUT2D eigenvalue weighted by molar-refractivity contribution is 0.111. The number of benzene rings is 1. The topological polar surface area (TPSA) is 47.3 Å². The van der Waals surface area contributed by atoms with Crippen molar-refractivity contribution in [3.8, 4) is 11.3 Å². The van der Waals surface area contributed by atoms with Crippen molar-refractivity contribution in [2.75, 3.05) is 6.61 Å². The number of aryl methyl sites for hydroxylation is 1. The van der Waals surface area contributed by atoms with Crippen LogP contribution in [0.1, 0.15) is 68.3 Å². The van der Waals surface area contributed by atoms with Gasteiger partial charge in [0, 0.05) is 35.7 Å². The summed E-state index contributed by atoms with van der Waals surface area (Å²) in [5, 5.41) is 8.13. The van der Waals surface area contributed by atoms with Gasteiger partial charge in [0.25, 0.3) is 0 Å². The van der Waals surface area contributed by atoms with E-state index >= 15 is 0 Å². The number of hydrogen-bond acceptors (Lipinski definition) is 4. The largest absolute Gasteiger partial charge is 0.376 e. The Balaban J connectivity index is 1.41. The molecule has 1 aliphatic carbocycles. The first-order chi connectivity index (χ1) is 12.8. The maximum absolute atomic E-state index is 6.09. The second kappa shape index (κ2) is 7.93. The van der Waals surface area contributed by atoms with E-state index in [1.807, 2.05) is 0 Å². The first-order valence-corrected chi connectivity index (χ1v) is 10.1. The molecular formula is C22H30N2O2. The Hall–Kier alpha value is -1.65. The summed E-state index contributed by atoms with van der Waals surface area (Å²) in [4.78, 5) is 0. The molecule has 2 atom stereocenters. The average molecular weight is 354 g/mol. The Bertz CT molecular complexity index is 735. The zero-order valence-corrected chi connectivity index (χ0v) is 16.0. The molecule has 1 unspecified atom stereocenters. The molecule has 1 aromatic heterocycles. The second-order valence-electron chi connectivity index (χ2n) is 7.85. The molecule has 0 radical (unpaired) electrons. The number of aromatic nitrogens is 1. The smallest absolute Gasteiger partial charge is 0.145 e. The summed E-state index contributed by atoms with van der Waals surface area (Å²) >= 11 is 0. The molecule has 0 spiro atoms. The number of hydrogen-bond donors (Lipinski definition) is 1. The van der Waals surface area contributed by atoms with E-state index in [1.54, 1.807) is 0 Å². The molecule has 0 amide bonds. The Morgan fingerprint density at radius 1 is 1.15 bits per heavy atom. The highest BCUT2D eigenvalue weighted by molar-refractivity contribution is 5.67. The molecule has 1 saturated carbocycles. The normalized spacial score (nSPS) is 22.8. The van der Waals surface area contributed by atoms with Crippen molar-refractivity contribution in [3.05, 3.63) is 41.2 Å². The first-order valence-electron chi connectivity index (χ1n) is 10.1. The van der Waals surface area contributed by atoms with Crippen LogP contribution in [0.15, 0.2) is 28.8 Å². The average Bonchev–Trinajstić information content (AvgIpc) is 3.25. The predicted octanol–water partition coefficient (Wildman–Crippen LogP) is 4.96. The minimum Gasteiger partial charge on any atom is -0.376 e. The van der Waals surface area contributed by atoms with Crippen molar-refractivity contribution in [1.82, 2.24) is 10.5 Å². The highest BCUT2D eigenvalue weighted by Gasteiger charge is 2.33. The molecule has 2 aliphatic rings. The highest BCUT2D eigenvalue weighted by Crippen LogP contribution is 2.44. The fraction of sp³-hybridized carbons (Fsp3) is 0.591. The maximum atomic E-state index is 6.09. The number of ether oxygens (including phenoxy) is 1. The molecule has 2 fully saturated rings. The second-order valence-corrected chi connectivity index (χ2v) is 7.85. The van der Waals surface area contributed by atoms with Gasteiger partial charge in [-0.25, -0.2) is 0 Å². The van der Waals surface area contributed by atoms with E-state index in [4.69, 9.17) is 9.26 Å². The summed E-state index contributed by atoms with van der Waals surface area (Å²) in [7, 11) is 0. The molecule has 1 aliphatic heterocycles. The molecule has 1 N–H and O–H groups in total. The standard InChI is InChI=1S/C22H30N2O2/c1-3-17-10-11-18(23-17)12-13-25-14-20-21(19-7-5-4-6-15(19)2)24-26-22(20)16-8-9-16/h4-7,16-18,23H,3,8-14H2,1-2H3/t17?,18-/m0/s1. The summed E-state index contributed by atoms with van der Waals surface area (Å²) in [5.41, 5.74) is 4.51. The molecule has 1 saturated heterocycles. The number of rotatable bonds is 8. The van der Waals surface area contributed by atoms with Crippen LogP contribution < -0.4 is 5.32 Å². The minimum absolute atomic E-state index is 0.542. The van der Waals surface area contributed by atoms with Crippen molar-refractivity contribution in [1.29, 1.82) is 0 Å². The van der Waals surface area contributed by atoms with Gasteiger partial charge in [-0.3, -0.25) is 0 Å². The van der Waals surface area contributed by atoms with Gasteiger partial charge in [-0.1, -0.05) is 36.3 Å². The monoisotopic (exact) mass is 354 g/mol. The van der Waals surface area contributed by atoms with E-state index in [2.05, 4.69) is 48.6 Å². The van der Waals surface area contributed by atoms with Crippen LogP contribution in [0.3, 0.4) is 0 Å². The third kappa shape index (κ3) is 3.86. The molecule has 2 aromatic rings. The fourth-order valence-electron chi connectivity index (χ4n) is 4.03. The van der Waals surface area contributed by atoms with Crippen molar-refractivity contribution in [2.24, 2.45) is 0 Å². The minimum atomic E-state index is 0.542. The summed E-state index contributed by atoms with van der Waals surface area (Å²) in [6.07, 6.45) is 7.30. The van der Waals surface area contributed by atoms with Gasteiger partial charge in [0.05, 0.1) is 6.61 Å². The Kier molecular flexibility index (Phi) is 5.41. The van der Waals surface area contributed by atoms with Crippen LogP contribution in [-0.4, -0.2) is 23.8 Å². The van der Waals surface area contributed by atoms with E-state index < -0.39 is 0 Å². The van der Waals surface area contributed by atoms with Gasteiger partial charge < -0.3 is 14.6 Å². The Morgan fingerprint density at radius 2 is 1.96 bits per heavy atom. The van der Waals surface area contributed by atoms with Crippen LogP contribution in [0.25, 0.3) is 11.3 Å². The van der Waals surface area contributed by atoms with Gasteiger partial charge >= 0.3 is 0 Å². The van der Waals surface area contributed by atoms with Crippen LogP contribution >= 0.6 is 0 Å². The van der Waals surface area contributed by atoms with E-state index in [0.29, 0.717) is 24.6 Å². The quantitative estimate of drug-likeness (QED) is 0.680. The van der Waals surface area contributed by atoms with Crippen molar-refractivity contribution >= 4 is 0 Å². The molecular weight excluding hydrogens is 324 g/mol. The fourth-order valence-corrected chi connectivity index (χ4v) is 4.03. The van der Waals surface area contributed by atoms with Crippen molar-refractivity contribution in [3.63, 3.8) is 0 Å². The van der Waals surface area contributed by atoms with Gasteiger partial charge in [-0.2, -0.15) is 0 Å². The molecule has 140 valence electrons. The van der Waals surface area contributed by atoms with Crippen molar-refractivity contribution < 1.29 is 9.26 Å². The lowest BCUT2D eigenvalue weighted by Crippen LogP contribution is -2.29. The lowest BCUT2D eigenvalue weighted by atomic mass is 10.0. The summed E-state index contributed by atoms with van der Waals surface area (Å²) in [5.74, 6) is 1.59. The molecule has 26 heavy (non-hydrogen) atoms. The van der Waals surface area contributed by atoms with Gasteiger partial charge in [-0.05, 0) is 51.0 Å². The first kappa shape index (κ1) is 17.7. The zero-order valence-electron chi connectivity index (χ0n) is 16.0. The van der Waals surface area contributed by atoms with Gasteiger partial charge in [0.15, 0.2) is 0 Å². The van der Waals surface area contributed by atoms with Crippen LogP contribution in [0.2, 0.25) is 0 Å². The molecule has 4 heteroatoms. The molecule has 4 rings (SSSR count). The van der Waals surface area contributed by atoms with Gasteiger partial charge in [0.2, 0.25) is 0 Å². The molecule has 0 bridgehead atoms. The summed E-state index contributed by atoms with van der Waals surface area (Å²) in [6, 6.07) is 9.69.